The van der Waals surface area contributed by atoms with E-state index in [1.165, 1.54) is 0 Å². The lowest BCUT2D eigenvalue weighted by Crippen LogP contribution is -1.63. The molecule has 0 atom stereocenters. The average Bonchev–Trinajstić information content (AvgIpc) is 1.37. The first-order valence-corrected chi connectivity index (χ1v) is 1.44. The quantitative estimate of drug-likeness (QED) is 0.362. The van der Waals surface area contributed by atoms with Gasteiger partial charge in [0.2, 0.25) is 0 Å². The highest BCUT2D eigenvalue weighted by Gasteiger charge is 1.51. The Morgan fingerprint density at radius 2 is 2.25 bits per heavy atom. The second kappa shape index (κ2) is 2.91. The third-order valence-corrected chi connectivity index (χ3v) is 0.129. The van der Waals surface area contributed by atoms with E-state index in [9.17, 15) is 0 Å². The molecule has 0 spiro atoms. The van der Waals surface area contributed by atoms with Crippen LogP contribution in [0, 0.1) is 4.91 Å². The van der Waals surface area contributed by atoms with Crippen molar-refractivity contribution in [3.05, 3.63) is 4.91 Å². The molecule has 2 N–H and O–H groups in total. The molecule has 24 valence electrons. The molecule has 0 radical (unpaired) electrons. The molecule has 0 aromatic heterocycles. The van der Waals surface area contributed by atoms with Gasteiger partial charge in [0.25, 0.3) is 0 Å². The van der Waals surface area contributed by atoms with Crippen molar-refractivity contribution in [1.29, 1.82) is 0 Å². The summed E-state index contributed by atoms with van der Waals surface area (Å²) in [4.78, 5) is 8.76. The molecule has 0 unspecified atom stereocenters. The fraction of sp³-hybridized carbons (Fsp3) is 0. The largest absolute Gasteiger partial charge is 0.255 e. The average molecular weight is 78.1 g/mol. The van der Waals surface area contributed by atoms with Crippen molar-refractivity contribution in [2.24, 2.45) is 9.72 Å². The van der Waals surface area contributed by atoms with Crippen molar-refractivity contribution in [2.45, 2.75) is 0 Å². The van der Waals surface area contributed by atoms with E-state index in [1.54, 1.807) is 0 Å². The lowest BCUT2D eigenvalue weighted by atomic mass is 13.7. The SMILES string of the molecule is NSN=O. The zero-order valence-corrected chi connectivity index (χ0v) is 2.66. The van der Waals surface area contributed by atoms with Crippen LogP contribution in [0.1, 0.15) is 0 Å². The molecule has 0 rings (SSSR count). The van der Waals surface area contributed by atoms with Crippen LogP contribution in [0.25, 0.3) is 0 Å². The van der Waals surface area contributed by atoms with Crippen LogP contribution in [-0.4, -0.2) is 0 Å². The summed E-state index contributed by atoms with van der Waals surface area (Å²) in [5.74, 6) is 0. The summed E-state index contributed by atoms with van der Waals surface area (Å²) in [5.41, 5.74) is 0. The molecule has 0 bridgehead atoms. The highest BCUT2D eigenvalue weighted by atomic mass is 32.2. The smallest absolute Gasteiger partial charge is 0.103 e. The second-order valence-electron chi connectivity index (χ2n) is 0.180. The summed E-state index contributed by atoms with van der Waals surface area (Å²) in [6.07, 6.45) is 0. The van der Waals surface area contributed by atoms with Crippen LogP contribution < -0.4 is 5.14 Å². The van der Waals surface area contributed by atoms with Crippen molar-refractivity contribution in [3.8, 4) is 0 Å². The Morgan fingerprint density at radius 3 is 2.25 bits per heavy atom. The van der Waals surface area contributed by atoms with Crippen molar-refractivity contribution < 1.29 is 0 Å². The molecule has 0 aromatic carbocycles. The summed E-state index contributed by atoms with van der Waals surface area (Å²) in [6.45, 7) is 0. The molecule has 0 aliphatic rings. The van der Waals surface area contributed by atoms with Gasteiger partial charge in [-0.05, 0) is 0 Å². The highest BCUT2D eigenvalue weighted by molar-refractivity contribution is 7.95. The molecule has 3 nitrogen and oxygen atoms in total. The topological polar surface area (TPSA) is 55.4 Å². The number of nitrogens with two attached hydrogens (primary N) is 1. The summed E-state index contributed by atoms with van der Waals surface area (Å²) in [6, 6.07) is 0. The van der Waals surface area contributed by atoms with Crippen molar-refractivity contribution in [3.63, 3.8) is 0 Å². The molecule has 0 saturated carbocycles. The van der Waals surface area contributed by atoms with E-state index >= 15 is 0 Å². The van der Waals surface area contributed by atoms with Gasteiger partial charge in [-0.15, -0.1) is 4.91 Å². The van der Waals surface area contributed by atoms with E-state index in [0.717, 1.165) is 0 Å². The monoisotopic (exact) mass is 78.0 g/mol. The number of rotatable bonds is 1. The van der Waals surface area contributed by atoms with Crippen molar-refractivity contribution >= 4 is 12.1 Å². The number of hydrogen-bond acceptors (Lipinski definition) is 4. The van der Waals surface area contributed by atoms with Gasteiger partial charge in [-0.3, -0.25) is 5.14 Å². The summed E-state index contributed by atoms with van der Waals surface area (Å²) in [7, 11) is 0. The van der Waals surface area contributed by atoms with Gasteiger partial charge in [0.1, 0.15) is 12.1 Å². The third-order valence-electron chi connectivity index (χ3n) is 0.0430. The van der Waals surface area contributed by atoms with Gasteiger partial charge < -0.3 is 0 Å². The maximum atomic E-state index is 8.76. The predicted octanol–water partition coefficient (Wildman–Crippen LogP) is 0.275. The first-order valence-electron chi connectivity index (χ1n) is 0.601. The minimum absolute atomic E-state index is 0.426. The molecule has 4 heteroatoms. The molecule has 0 heterocycles. The molecule has 4 heavy (non-hydrogen) atoms. The van der Waals surface area contributed by atoms with Crippen LogP contribution in [0.3, 0.4) is 0 Å². The fourth-order valence-electron chi connectivity index (χ4n) is 0. The molecule has 0 aliphatic carbocycles. The number of nitrogens with zero attached hydrogens (tertiary/aromatic N) is 1. The van der Waals surface area contributed by atoms with E-state index in [2.05, 4.69) is 9.72 Å². The standard InChI is InChI=1S/H2N2OS/c1-4-2-3/h1H2. The predicted molar refractivity (Wildman–Crippen MR) is 17.6 cm³/mol. The zero-order chi connectivity index (χ0) is 3.41. The summed E-state index contributed by atoms with van der Waals surface area (Å²) >= 11 is 0.426. The molecule has 0 amide bonds. The van der Waals surface area contributed by atoms with Crippen molar-refractivity contribution in [1.82, 2.24) is 0 Å². The second-order valence-corrected chi connectivity index (χ2v) is 0.540. The lowest BCUT2D eigenvalue weighted by Gasteiger charge is -1.53. The Hall–Kier alpha value is -0.0900. The van der Waals surface area contributed by atoms with Gasteiger partial charge in [-0.1, -0.05) is 0 Å². The number of hydrogen-bond donors (Lipinski definition) is 1. The van der Waals surface area contributed by atoms with Gasteiger partial charge in [-0.2, -0.15) is 0 Å². The zero-order valence-electron chi connectivity index (χ0n) is 1.84. The van der Waals surface area contributed by atoms with E-state index in [-0.39, 0.29) is 0 Å². The normalized spacial score (nSPS) is 6.25. The first-order chi connectivity index (χ1) is 1.91. The van der Waals surface area contributed by atoms with Crippen LogP contribution in [0.5, 0.6) is 0 Å². The van der Waals surface area contributed by atoms with E-state index < -0.39 is 0 Å². The molecule has 0 aromatic rings. The van der Waals surface area contributed by atoms with Gasteiger partial charge in [0, 0.05) is 4.58 Å². The fourth-order valence-corrected chi connectivity index (χ4v) is 0. The van der Waals surface area contributed by atoms with Crippen molar-refractivity contribution in [2.75, 3.05) is 0 Å². The Labute approximate surface area is 27.8 Å². The van der Waals surface area contributed by atoms with Gasteiger partial charge in [-0.25, -0.2) is 0 Å². The summed E-state index contributed by atoms with van der Waals surface area (Å²) in [5, 5.41) is 4.47. The third kappa shape index (κ3) is 1.91. The molecule has 0 saturated heterocycles. The molecule has 0 aliphatic heterocycles. The molecular formula is H2N2OS. The van der Waals surface area contributed by atoms with Crippen LogP contribution in [-0.2, 0) is 0 Å². The van der Waals surface area contributed by atoms with Crippen LogP contribution >= 0.6 is 12.1 Å². The minimum atomic E-state index is 0.426. The van der Waals surface area contributed by atoms with E-state index in [1.807, 2.05) is 0 Å². The Bertz CT molecular complexity index is 20.0. The first kappa shape index (κ1) is 3.91. The maximum Gasteiger partial charge on any atom is 0.103 e. The van der Waals surface area contributed by atoms with E-state index in [4.69, 9.17) is 4.91 Å². The van der Waals surface area contributed by atoms with Crippen LogP contribution in [0.15, 0.2) is 4.58 Å². The highest BCUT2D eigenvalue weighted by Crippen LogP contribution is 1.77. The molecule has 0 fully saturated rings. The minimum Gasteiger partial charge on any atom is -0.255 e. The van der Waals surface area contributed by atoms with Gasteiger partial charge in [0.15, 0.2) is 0 Å². The maximum absolute atomic E-state index is 8.76. The Kier molecular flexibility index (Phi) is 2.84. The van der Waals surface area contributed by atoms with E-state index in [0.29, 0.717) is 12.1 Å². The van der Waals surface area contributed by atoms with Crippen LogP contribution in [0.2, 0.25) is 0 Å². The number of nitroso groups, excluding NO2 is 1. The summed E-state index contributed by atoms with van der Waals surface area (Å²) < 4.78 is 2.18. The van der Waals surface area contributed by atoms with Crippen LogP contribution in [0.4, 0.5) is 0 Å². The lowest BCUT2D eigenvalue weighted by molar-refractivity contribution is 1.82. The molecular weight excluding hydrogens is 76.1 g/mol. The Morgan fingerprint density at radius 1 is 2.00 bits per heavy atom. The van der Waals surface area contributed by atoms with Gasteiger partial charge in [0.05, 0.1) is 0 Å². The Balaban J connectivity index is 2.30. The van der Waals surface area contributed by atoms with Gasteiger partial charge >= 0.3 is 0 Å².